The maximum atomic E-state index is 4.35. The molecule has 2 heterocycles. The summed E-state index contributed by atoms with van der Waals surface area (Å²) in [5.41, 5.74) is 0. The average Bonchev–Trinajstić information content (AvgIpc) is 2.78. The topological polar surface area (TPSA) is 32.3 Å². The fourth-order valence-electron chi connectivity index (χ4n) is 2.20. The van der Waals surface area contributed by atoms with E-state index in [1.165, 1.54) is 13.0 Å². The molecule has 1 aliphatic heterocycles. The molecule has 1 saturated heterocycles. The van der Waals surface area contributed by atoms with Gasteiger partial charge in [0.15, 0.2) is 0 Å². The van der Waals surface area contributed by atoms with Crippen LogP contribution in [-0.2, 0) is 0 Å². The van der Waals surface area contributed by atoms with Crippen LogP contribution in [0.15, 0.2) is 16.9 Å². The van der Waals surface area contributed by atoms with Crippen LogP contribution in [0, 0.1) is 5.92 Å². The predicted molar refractivity (Wildman–Crippen MR) is 73.2 cm³/mol. The molecule has 0 unspecified atom stereocenters. The second-order valence-electron chi connectivity index (χ2n) is 4.66. The highest BCUT2D eigenvalue weighted by Gasteiger charge is 2.24. The van der Waals surface area contributed by atoms with E-state index in [-0.39, 0.29) is 0 Å². The van der Waals surface area contributed by atoms with E-state index >= 15 is 0 Å². The van der Waals surface area contributed by atoms with Gasteiger partial charge in [-0.1, -0.05) is 6.92 Å². The molecule has 94 valence electrons. The highest BCUT2D eigenvalue weighted by atomic mass is 79.9. The molecular weight excluding hydrogens is 280 g/mol. The molecule has 0 saturated carbocycles. The van der Waals surface area contributed by atoms with Crippen molar-refractivity contribution in [3.8, 4) is 0 Å². The normalized spacial score (nSPS) is 20.2. The van der Waals surface area contributed by atoms with Gasteiger partial charge < -0.3 is 9.80 Å². The third-order valence-electron chi connectivity index (χ3n) is 3.29. The first-order chi connectivity index (χ1) is 8.19. The van der Waals surface area contributed by atoms with Crippen molar-refractivity contribution in [1.29, 1.82) is 0 Å². The fourth-order valence-corrected chi connectivity index (χ4v) is 2.41. The molecule has 0 N–H and O–H groups in total. The highest BCUT2D eigenvalue weighted by Crippen LogP contribution is 2.21. The van der Waals surface area contributed by atoms with Crippen molar-refractivity contribution in [3.05, 3.63) is 16.9 Å². The summed E-state index contributed by atoms with van der Waals surface area (Å²) in [5, 5.41) is 0. The fraction of sp³-hybridized carbons (Fsp3) is 0.667. The third-order valence-corrected chi connectivity index (χ3v) is 3.69. The van der Waals surface area contributed by atoms with Crippen molar-refractivity contribution in [2.75, 3.05) is 38.1 Å². The van der Waals surface area contributed by atoms with Gasteiger partial charge in [-0.15, -0.1) is 0 Å². The molecule has 17 heavy (non-hydrogen) atoms. The quantitative estimate of drug-likeness (QED) is 0.851. The second-order valence-corrected chi connectivity index (χ2v) is 5.57. The molecule has 0 amide bonds. The Hall–Kier alpha value is -0.680. The minimum atomic E-state index is 0.743. The van der Waals surface area contributed by atoms with E-state index in [1.54, 1.807) is 0 Å². The summed E-state index contributed by atoms with van der Waals surface area (Å²) in [4.78, 5) is 13.3. The number of hydrogen-bond acceptors (Lipinski definition) is 4. The van der Waals surface area contributed by atoms with E-state index in [2.05, 4.69) is 49.7 Å². The van der Waals surface area contributed by atoms with Gasteiger partial charge >= 0.3 is 0 Å². The van der Waals surface area contributed by atoms with Crippen molar-refractivity contribution in [2.24, 2.45) is 5.92 Å². The smallest absolute Gasteiger partial charge is 0.225 e. The van der Waals surface area contributed by atoms with Crippen LogP contribution in [-0.4, -0.2) is 48.1 Å². The van der Waals surface area contributed by atoms with E-state index in [0.717, 1.165) is 36.0 Å². The van der Waals surface area contributed by atoms with Crippen molar-refractivity contribution in [2.45, 2.75) is 13.3 Å². The Kier molecular flexibility index (Phi) is 4.34. The van der Waals surface area contributed by atoms with E-state index in [4.69, 9.17) is 0 Å². The largest absolute Gasteiger partial charge is 0.340 e. The first kappa shape index (κ1) is 12.8. The highest BCUT2D eigenvalue weighted by molar-refractivity contribution is 9.10. The lowest BCUT2D eigenvalue weighted by molar-refractivity contribution is 0.300. The average molecular weight is 299 g/mol. The summed E-state index contributed by atoms with van der Waals surface area (Å²) in [6, 6.07) is 0. The Morgan fingerprint density at radius 1 is 1.47 bits per heavy atom. The van der Waals surface area contributed by atoms with Crippen LogP contribution in [0.3, 0.4) is 0 Å². The number of halogens is 1. The van der Waals surface area contributed by atoms with Crippen LogP contribution in [0.2, 0.25) is 0 Å². The lowest BCUT2D eigenvalue weighted by Crippen LogP contribution is -2.28. The lowest BCUT2D eigenvalue weighted by atomic mass is 10.1. The van der Waals surface area contributed by atoms with E-state index in [0.29, 0.717) is 0 Å². The molecule has 0 aromatic carbocycles. The van der Waals surface area contributed by atoms with E-state index in [9.17, 15) is 0 Å². The van der Waals surface area contributed by atoms with Gasteiger partial charge in [-0.25, -0.2) is 9.97 Å². The minimum Gasteiger partial charge on any atom is -0.340 e. The summed E-state index contributed by atoms with van der Waals surface area (Å²) in [5.74, 6) is 1.60. The molecular formula is C12H19BrN4. The van der Waals surface area contributed by atoms with Crippen LogP contribution >= 0.6 is 15.9 Å². The van der Waals surface area contributed by atoms with Crippen molar-refractivity contribution in [1.82, 2.24) is 14.9 Å². The molecule has 1 aliphatic rings. The monoisotopic (exact) mass is 298 g/mol. The van der Waals surface area contributed by atoms with E-state index < -0.39 is 0 Å². The third kappa shape index (κ3) is 3.39. The van der Waals surface area contributed by atoms with Crippen LogP contribution in [0.25, 0.3) is 0 Å². The molecule has 1 aromatic heterocycles. The summed E-state index contributed by atoms with van der Waals surface area (Å²) in [6.07, 6.45) is 4.87. The van der Waals surface area contributed by atoms with E-state index in [1.807, 2.05) is 12.4 Å². The van der Waals surface area contributed by atoms with Crippen LogP contribution in [0.4, 0.5) is 5.95 Å². The molecule has 0 bridgehead atoms. The standard InChI is InChI=1S/C12H19BrN4/c1-3-16(2)8-10-4-5-17(9-10)12-14-6-11(13)7-15-12/h6-7,10H,3-5,8-9H2,1-2H3/t10-/m1/s1. The summed E-state index contributed by atoms with van der Waals surface area (Å²) >= 11 is 3.36. The van der Waals surface area contributed by atoms with Crippen molar-refractivity contribution >= 4 is 21.9 Å². The molecule has 1 atom stereocenters. The Morgan fingerprint density at radius 3 is 2.82 bits per heavy atom. The number of aromatic nitrogens is 2. The summed E-state index contributed by atoms with van der Waals surface area (Å²) < 4.78 is 0.933. The van der Waals surface area contributed by atoms with Gasteiger partial charge in [-0.3, -0.25) is 0 Å². The van der Waals surface area contributed by atoms with Gasteiger partial charge in [0.2, 0.25) is 5.95 Å². The Labute approximate surface area is 111 Å². The first-order valence-electron chi connectivity index (χ1n) is 6.10. The van der Waals surface area contributed by atoms with Gasteiger partial charge in [0.05, 0.1) is 4.47 Å². The molecule has 0 radical (unpaired) electrons. The second kappa shape index (κ2) is 5.78. The lowest BCUT2D eigenvalue weighted by Gasteiger charge is -2.20. The summed E-state index contributed by atoms with van der Waals surface area (Å²) in [7, 11) is 2.18. The number of anilines is 1. The van der Waals surface area contributed by atoms with Crippen LogP contribution in [0.5, 0.6) is 0 Å². The number of nitrogens with zero attached hydrogens (tertiary/aromatic N) is 4. The molecule has 1 fully saturated rings. The van der Waals surface area contributed by atoms with Gasteiger partial charge in [0.1, 0.15) is 0 Å². The minimum absolute atomic E-state index is 0.743. The Bertz CT molecular complexity index is 354. The summed E-state index contributed by atoms with van der Waals surface area (Å²) in [6.45, 7) is 6.63. The molecule has 4 nitrogen and oxygen atoms in total. The van der Waals surface area contributed by atoms with Gasteiger partial charge in [0.25, 0.3) is 0 Å². The van der Waals surface area contributed by atoms with Crippen molar-refractivity contribution < 1.29 is 0 Å². The van der Waals surface area contributed by atoms with Crippen LogP contribution < -0.4 is 4.90 Å². The Morgan fingerprint density at radius 2 is 2.18 bits per heavy atom. The molecule has 0 aliphatic carbocycles. The zero-order valence-electron chi connectivity index (χ0n) is 10.4. The molecule has 1 aromatic rings. The Balaban J connectivity index is 1.91. The van der Waals surface area contributed by atoms with Crippen molar-refractivity contribution in [3.63, 3.8) is 0 Å². The zero-order valence-corrected chi connectivity index (χ0v) is 12.0. The zero-order chi connectivity index (χ0) is 12.3. The molecule has 0 spiro atoms. The molecule has 5 heteroatoms. The maximum Gasteiger partial charge on any atom is 0.225 e. The number of rotatable bonds is 4. The first-order valence-corrected chi connectivity index (χ1v) is 6.89. The predicted octanol–water partition coefficient (Wildman–Crippen LogP) is 2.02. The van der Waals surface area contributed by atoms with Gasteiger partial charge in [-0.2, -0.15) is 0 Å². The number of hydrogen-bond donors (Lipinski definition) is 0. The van der Waals surface area contributed by atoms with Crippen LogP contribution in [0.1, 0.15) is 13.3 Å². The maximum absolute atomic E-state index is 4.35. The van der Waals surface area contributed by atoms with Gasteiger partial charge in [-0.05, 0) is 41.9 Å². The SMILES string of the molecule is CCN(C)C[C@H]1CCN(c2ncc(Br)cn2)C1. The molecule has 2 rings (SSSR count). The van der Waals surface area contributed by atoms with Gasteiger partial charge in [0, 0.05) is 32.0 Å².